The molecule has 0 saturated carbocycles. The van der Waals surface area contributed by atoms with Crippen molar-refractivity contribution in [2.24, 2.45) is 5.41 Å². The van der Waals surface area contributed by atoms with E-state index in [1.54, 1.807) is 18.2 Å². The number of aryl methyl sites for hydroxylation is 1. The Hall–Kier alpha value is -2.56. The first-order chi connectivity index (χ1) is 10.2. The molecule has 5 heteroatoms. The third kappa shape index (κ3) is 3.36. The lowest BCUT2D eigenvalue weighted by atomic mass is 9.95. The maximum atomic E-state index is 12.0. The molecule has 0 aliphatic heterocycles. The smallest absolute Gasteiger partial charge is 0.371 e. The Kier molecular flexibility index (Phi) is 4.08. The maximum Gasteiger partial charge on any atom is 0.371 e. The third-order valence-electron chi connectivity index (χ3n) is 3.25. The molecule has 2 N–H and O–H groups in total. The van der Waals surface area contributed by atoms with Crippen LogP contribution >= 0.6 is 0 Å². The van der Waals surface area contributed by atoms with Crippen LogP contribution in [0.4, 0.5) is 5.69 Å². The molecule has 0 radical (unpaired) electrons. The van der Waals surface area contributed by atoms with Crippen LogP contribution in [-0.2, 0) is 4.79 Å². The summed E-state index contributed by atoms with van der Waals surface area (Å²) in [5, 5.41) is 11.8. The number of carbonyl (C=O) groups is 2. The van der Waals surface area contributed by atoms with Gasteiger partial charge in [0.2, 0.25) is 11.7 Å². The summed E-state index contributed by atoms with van der Waals surface area (Å²) >= 11 is 0. The Balaban J connectivity index is 2.26. The van der Waals surface area contributed by atoms with Gasteiger partial charge in [-0.1, -0.05) is 20.8 Å². The second-order valence-electron chi connectivity index (χ2n) is 6.20. The van der Waals surface area contributed by atoms with E-state index in [4.69, 9.17) is 9.52 Å². The SMILES string of the molecule is Cc1cc(NC(=O)C(C)(C)C)ccc1-c1ccc(C(=O)O)o1. The summed E-state index contributed by atoms with van der Waals surface area (Å²) in [4.78, 5) is 22.8. The molecule has 0 unspecified atom stereocenters. The lowest BCUT2D eigenvalue weighted by Gasteiger charge is -2.18. The molecule has 2 aromatic rings. The highest BCUT2D eigenvalue weighted by Crippen LogP contribution is 2.28. The molecule has 1 amide bonds. The van der Waals surface area contributed by atoms with Crippen LogP contribution in [0.1, 0.15) is 36.9 Å². The van der Waals surface area contributed by atoms with E-state index < -0.39 is 11.4 Å². The topological polar surface area (TPSA) is 79.5 Å². The van der Waals surface area contributed by atoms with Crippen LogP contribution in [0.15, 0.2) is 34.7 Å². The van der Waals surface area contributed by atoms with Crippen molar-refractivity contribution in [2.75, 3.05) is 5.32 Å². The number of furan rings is 1. The molecular weight excluding hydrogens is 282 g/mol. The molecule has 0 saturated heterocycles. The van der Waals surface area contributed by atoms with E-state index in [-0.39, 0.29) is 11.7 Å². The van der Waals surface area contributed by atoms with Gasteiger partial charge in [0.1, 0.15) is 5.76 Å². The molecule has 1 aromatic carbocycles. The Morgan fingerprint density at radius 3 is 2.32 bits per heavy atom. The minimum absolute atomic E-state index is 0.0641. The normalized spacial score (nSPS) is 11.3. The number of aromatic carboxylic acids is 1. The van der Waals surface area contributed by atoms with Gasteiger partial charge in [0, 0.05) is 16.7 Å². The largest absolute Gasteiger partial charge is 0.475 e. The first kappa shape index (κ1) is 15.8. The number of carbonyl (C=O) groups excluding carboxylic acids is 1. The highest BCUT2D eigenvalue weighted by Gasteiger charge is 2.21. The molecule has 2 rings (SSSR count). The summed E-state index contributed by atoms with van der Waals surface area (Å²) in [6, 6.07) is 8.46. The highest BCUT2D eigenvalue weighted by molar-refractivity contribution is 5.94. The number of anilines is 1. The van der Waals surface area contributed by atoms with E-state index in [1.165, 1.54) is 6.07 Å². The number of rotatable bonds is 3. The summed E-state index contributed by atoms with van der Waals surface area (Å²) < 4.78 is 5.30. The Labute approximate surface area is 129 Å². The summed E-state index contributed by atoms with van der Waals surface area (Å²) in [6.07, 6.45) is 0. The summed E-state index contributed by atoms with van der Waals surface area (Å²) in [5.41, 5.74) is 1.91. The zero-order valence-corrected chi connectivity index (χ0v) is 13.1. The number of hydrogen-bond donors (Lipinski definition) is 2. The zero-order valence-electron chi connectivity index (χ0n) is 13.1. The van der Waals surface area contributed by atoms with Crippen molar-refractivity contribution in [3.05, 3.63) is 41.7 Å². The second kappa shape index (κ2) is 5.67. The summed E-state index contributed by atoms with van der Waals surface area (Å²) in [6.45, 7) is 7.42. The monoisotopic (exact) mass is 301 g/mol. The quantitative estimate of drug-likeness (QED) is 0.900. The van der Waals surface area contributed by atoms with Gasteiger partial charge >= 0.3 is 5.97 Å². The van der Waals surface area contributed by atoms with Crippen LogP contribution in [0.3, 0.4) is 0 Å². The Bertz CT molecular complexity index is 723. The predicted molar refractivity (Wildman–Crippen MR) is 83.9 cm³/mol. The fraction of sp³-hybridized carbons (Fsp3) is 0.294. The average Bonchev–Trinajstić information content (AvgIpc) is 2.87. The summed E-state index contributed by atoms with van der Waals surface area (Å²) in [5.74, 6) is -0.771. The van der Waals surface area contributed by atoms with Crippen molar-refractivity contribution in [3.63, 3.8) is 0 Å². The lowest BCUT2D eigenvalue weighted by Crippen LogP contribution is -2.27. The van der Waals surface area contributed by atoms with Gasteiger partial charge in [0.25, 0.3) is 0 Å². The van der Waals surface area contributed by atoms with E-state index in [1.807, 2.05) is 33.8 Å². The number of nitrogens with one attached hydrogen (secondary N) is 1. The standard InChI is InChI=1S/C17H19NO4/c1-10-9-11(18-16(21)17(2,3)4)5-6-12(10)13-7-8-14(22-13)15(19)20/h5-9H,1-4H3,(H,18,21)(H,19,20). The molecular formula is C17H19NO4. The van der Waals surface area contributed by atoms with E-state index >= 15 is 0 Å². The van der Waals surface area contributed by atoms with Crippen LogP contribution in [0.2, 0.25) is 0 Å². The maximum absolute atomic E-state index is 12.0. The molecule has 0 spiro atoms. The van der Waals surface area contributed by atoms with E-state index in [2.05, 4.69) is 5.32 Å². The zero-order chi connectivity index (χ0) is 16.5. The number of amides is 1. The number of carboxylic acid groups (broad SMARTS) is 1. The number of benzene rings is 1. The van der Waals surface area contributed by atoms with Crippen LogP contribution < -0.4 is 5.32 Å². The van der Waals surface area contributed by atoms with Crippen LogP contribution in [0, 0.1) is 12.3 Å². The molecule has 5 nitrogen and oxygen atoms in total. The highest BCUT2D eigenvalue weighted by atomic mass is 16.4. The van der Waals surface area contributed by atoms with Gasteiger partial charge in [-0.05, 0) is 42.8 Å². The average molecular weight is 301 g/mol. The molecule has 116 valence electrons. The van der Waals surface area contributed by atoms with Crippen molar-refractivity contribution in [1.29, 1.82) is 0 Å². The minimum Gasteiger partial charge on any atom is -0.475 e. The molecule has 1 aromatic heterocycles. The van der Waals surface area contributed by atoms with Crippen molar-refractivity contribution in [3.8, 4) is 11.3 Å². The second-order valence-corrected chi connectivity index (χ2v) is 6.20. The van der Waals surface area contributed by atoms with Gasteiger partial charge in [-0.25, -0.2) is 4.79 Å². The molecule has 0 aliphatic carbocycles. The fourth-order valence-electron chi connectivity index (χ4n) is 1.93. The molecule has 0 atom stereocenters. The molecule has 0 aliphatic rings. The van der Waals surface area contributed by atoms with Gasteiger partial charge in [-0.3, -0.25) is 4.79 Å². The van der Waals surface area contributed by atoms with Crippen molar-refractivity contribution in [2.45, 2.75) is 27.7 Å². The first-order valence-corrected chi connectivity index (χ1v) is 6.94. The minimum atomic E-state index is -1.10. The summed E-state index contributed by atoms with van der Waals surface area (Å²) in [7, 11) is 0. The molecule has 22 heavy (non-hydrogen) atoms. The fourth-order valence-corrected chi connectivity index (χ4v) is 1.93. The van der Waals surface area contributed by atoms with Crippen molar-refractivity contribution < 1.29 is 19.1 Å². The van der Waals surface area contributed by atoms with Crippen LogP contribution in [-0.4, -0.2) is 17.0 Å². The van der Waals surface area contributed by atoms with Crippen molar-refractivity contribution >= 4 is 17.6 Å². The first-order valence-electron chi connectivity index (χ1n) is 6.94. The number of hydrogen-bond acceptors (Lipinski definition) is 3. The van der Waals surface area contributed by atoms with Gasteiger partial charge in [-0.15, -0.1) is 0 Å². The molecule has 1 heterocycles. The molecule has 0 fully saturated rings. The van der Waals surface area contributed by atoms with E-state index in [9.17, 15) is 9.59 Å². The van der Waals surface area contributed by atoms with Gasteiger partial charge in [0.05, 0.1) is 0 Å². The van der Waals surface area contributed by atoms with E-state index in [0.29, 0.717) is 11.4 Å². The van der Waals surface area contributed by atoms with Gasteiger partial charge in [-0.2, -0.15) is 0 Å². The lowest BCUT2D eigenvalue weighted by molar-refractivity contribution is -0.123. The predicted octanol–water partition coefficient (Wildman–Crippen LogP) is 3.94. The molecule has 0 bridgehead atoms. The van der Waals surface area contributed by atoms with Crippen LogP contribution in [0.25, 0.3) is 11.3 Å². The van der Waals surface area contributed by atoms with Crippen molar-refractivity contribution in [1.82, 2.24) is 0 Å². The Morgan fingerprint density at radius 1 is 1.14 bits per heavy atom. The Morgan fingerprint density at radius 2 is 1.82 bits per heavy atom. The van der Waals surface area contributed by atoms with Gasteiger partial charge < -0.3 is 14.8 Å². The number of carboxylic acids is 1. The van der Waals surface area contributed by atoms with Gasteiger partial charge in [0.15, 0.2) is 0 Å². The third-order valence-corrected chi connectivity index (χ3v) is 3.25. The van der Waals surface area contributed by atoms with E-state index in [0.717, 1.165) is 11.1 Å². The van der Waals surface area contributed by atoms with Crippen LogP contribution in [0.5, 0.6) is 0 Å².